The average Bonchev–Trinajstić information content (AvgIpc) is 3.42. The van der Waals surface area contributed by atoms with Crippen molar-refractivity contribution in [2.75, 3.05) is 33.4 Å². The lowest BCUT2D eigenvalue weighted by Gasteiger charge is -2.34. The molecule has 1 saturated carbocycles. The molecule has 0 spiro atoms. The minimum absolute atomic E-state index is 0.0309. The number of rotatable bonds is 5. The third kappa shape index (κ3) is 4.22. The van der Waals surface area contributed by atoms with Crippen LogP contribution in [0.3, 0.4) is 0 Å². The van der Waals surface area contributed by atoms with Gasteiger partial charge in [0, 0.05) is 24.6 Å². The van der Waals surface area contributed by atoms with Crippen LogP contribution in [0.4, 0.5) is 0 Å². The first-order chi connectivity index (χ1) is 13.2. The molecule has 6 heteroatoms. The predicted molar refractivity (Wildman–Crippen MR) is 100 cm³/mol. The van der Waals surface area contributed by atoms with Crippen LogP contribution in [0.5, 0.6) is 11.5 Å². The fourth-order valence-electron chi connectivity index (χ4n) is 4.33. The van der Waals surface area contributed by atoms with Crippen molar-refractivity contribution in [3.8, 4) is 11.5 Å². The Morgan fingerprint density at radius 3 is 2.59 bits per heavy atom. The summed E-state index contributed by atoms with van der Waals surface area (Å²) in [6.07, 6.45) is 6.70. The molecule has 2 aliphatic heterocycles. The first kappa shape index (κ1) is 18.6. The number of nitrogens with zero attached hydrogens (tertiary/aromatic N) is 1. The van der Waals surface area contributed by atoms with Crippen molar-refractivity contribution in [1.29, 1.82) is 0 Å². The van der Waals surface area contributed by atoms with Crippen molar-refractivity contribution >= 4 is 5.91 Å². The van der Waals surface area contributed by atoms with Crippen LogP contribution in [0.1, 0.15) is 48.9 Å². The van der Waals surface area contributed by atoms with Gasteiger partial charge in [0.15, 0.2) is 17.8 Å². The molecule has 2 heterocycles. The largest absolute Gasteiger partial charge is 0.493 e. The van der Waals surface area contributed by atoms with Crippen molar-refractivity contribution in [3.05, 3.63) is 23.8 Å². The number of ether oxygens (including phenoxy) is 4. The molecule has 0 radical (unpaired) electrons. The molecule has 1 aliphatic carbocycles. The highest BCUT2D eigenvalue weighted by Crippen LogP contribution is 2.33. The second-order valence-electron chi connectivity index (χ2n) is 7.65. The Kier molecular flexibility index (Phi) is 5.83. The minimum atomic E-state index is -0.169. The molecule has 3 aliphatic rings. The van der Waals surface area contributed by atoms with E-state index >= 15 is 0 Å². The zero-order valence-corrected chi connectivity index (χ0v) is 16.0. The molecule has 2 saturated heterocycles. The highest BCUT2D eigenvalue weighted by atomic mass is 16.7. The molecule has 1 atom stereocenters. The molecule has 0 bridgehead atoms. The summed E-state index contributed by atoms with van der Waals surface area (Å²) in [6.45, 7) is 2.74. The maximum atomic E-state index is 13.0. The normalized spacial score (nSPS) is 24.3. The number of likely N-dealkylation sites (tertiary alicyclic amines) is 1. The van der Waals surface area contributed by atoms with Gasteiger partial charge in [0.2, 0.25) is 0 Å². The molecular weight excluding hydrogens is 346 g/mol. The van der Waals surface area contributed by atoms with E-state index in [-0.39, 0.29) is 24.2 Å². The highest BCUT2D eigenvalue weighted by Gasteiger charge is 2.33. The van der Waals surface area contributed by atoms with Crippen LogP contribution >= 0.6 is 0 Å². The predicted octanol–water partition coefficient (Wildman–Crippen LogP) is 3.24. The molecule has 3 fully saturated rings. The Morgan fingerprint density at radius 1 is 1.07 bits per heavy atom. The zero-order valence-electron chi connectivity index (χ0n) is 16.0. The molecule has 148 valence electrons. The van der Waals surface area contributed by atoms with E-state index in [0.717, 1.165) is 38.0 Å². The number of hydrogen-bond acceptors (Lipinski definition) is 5. The third-order valence-electron chi connectivity index (χ3n) is 5.78. The summed E-state index contributed by atoms with van der Waals surface area (Å²) in [5.41, 5.74) is 0.638. The number of amides is 1. The van der Waals surface area contributed by atoms with Crippen molar-refractivity contribution in [2.24, 2.45) is 5.92 Å². The Labute approximate surface area is 160 Å². The Morgan fingerprint density at radius 2 is 1.85 bits per heavy atom. The van der Waals surface area contributed by atoms with Gasteiger partial charge in [0.05, 0.1) is 26.4 Å². The van der Waals surface area contributed by atoms with Crippen LogP contribution in [0.15, 0.2) is 18.2 Å². The number of piperidine rings is 1. The highest BCUT2D eigenvalue weighted by molar-refractivity contribution is 5.95. The molecule has 1 aromatic rings. The number of carbonyl (C=O) groups excluding carboxylic acids is 1. The summed E-state index contributed by atoms with van der Waals surface area (Å²) in [4.78, 5) is 14.9. The van der Waals surface area contributed by atoms with Gasteiger partial charge in [-0.3, -0.25) is 4.79 Å². The van der Waals surface area contributed by atoms with Gasteiger partial charge in [0.25, 0.3) is 5.91 Å². The van der Waals surface area contributed by atoms with E-state index in [1.165, 1.54) is 12.8 Å². The molecule has 0 aromatic heterocycles. The summed E-state index contributed by atoms with van der Waals surface area (Å²) in [7, 11) is 1.62. The first-order valence-corrected chi connectivity index (χ1v) is 10.1. The first-order valence-electron chi connectivity index (χ1n) is 10.1. The monoisotopic (exact) mass is 375 g/mol. The van der Waals surface area contributed by atoms with E-state index in [4.69, 9.17) is 18.9 Å². The topological polar surface area (TPSA) is 57.2 Å². The number of methoxy groups -OCH3 is 1. The van der Waals surface area contributed by atoms with Gasteiger partial charge in [0.1, 0.15) is 0 Å². The molecule has 0 N–H and O–H groups in total. The molecule has 6 nitrogen and oxygen atoms in total. The lowest BCUT2D eigenvalue weighted by atomic mass is 9.96. The van der Waals surface area contributed by atoms with E-state index in [2.05, 4.69) is 0 Å². The van der Waals surface area contributed by atoms with E-state index < -0.39 is 0 Å². The van der Waals surface area contributed by atoms with Gasteiger partial charge in [-0.05, 0) is 56.7 Å². The van der Waals surface area contributed by atoms with Gasteiger partial charge < -0.3 is 23.8 Å². The summed E-state index contributed by atoms with van der Waals surface area (Å²) in [6, 6.07) is 5.52. The second kappa shape index (κ2) is 8.48. The zero-order chi connectivity index (χ0) is 18.6. The van der Waals surface area contributed by atoms with E-state index in [0.29, 0.717) is 31.1 Å². The van der Waals surface area contributed by atoms with Gasteiger partial charge in [-0.1, -0.05) is 0 Å². The molecule has 1 aromatic carbocycles. The molecule has 27 heavy (non-hydrogen) atoms. The number of hydrogen-bond donors (Lipinski definition) is 0. The van der Waals surface area contributed by atoms with Crippen LogP contribution in [0.25, 0.3) is 0 Å². The van der Waals surface area contributed by atoms with Crippen LogP contribution < -0.4 is 9.47 Å². The Bertz CT molecular complexity index is 652. The van der Waals surface area contributed by atoms with Crippen LogP contribution in [0, 0.1) is 5.92 Å². The maximum absolute atomic E-state index is 13.0. The fraction of sp³-hybridized carbons (Fsp3) is 0.667. The van der Waals surface area contributed by atoms with E-state index in [1.807, 2.05) is 17.0 Å². The maximum Gasteiger partial charge on any atom is 0.254 e. The fourth-order valence-corrected chi connectivity index (χ4v) is 4.33. The molecule has 1 amide bonds. The summed E-state index contributed by atoms with van der Waals surface area (Å²) >= 11 is 0. The van der Waals surface area contributed by atoms with Gasteiger partial charge >= 0.3 is 0 Å². The Balaban J connectivity index is 1.44. The molecule has 1 unspecified atom stereocenters. The summed E-state index contributed by atoms with van der Waals surface area (Å²) in [5.74, 6) is 1.63. The van der Waals surface area contributed by atoms with E-state index in [9.17, 15) is 4.79 Å². The van der Waals surface area contributed by atoms with Crippen molar-refractivity contribution in [1.82, 2.24) is 4.90 Å². The standard InChI is InChI=1S/C21H29NO5/c1-24-19-13-15(8-9-18(19)27-17-6-2-3-7-17)20(23)22-10-4-5-16(14-22)21-25-11-12-26-21/h8-9,13,16-17,21H,2-7,10-12,14H2,1H3. The number of carbonyl (C=O) groups is 1. The van der Waals surface area contributed by atoms with Gasteiger partial charge in [-0.2, -0.15) is 0 Å². The van der Waals surface area contributed by atoms with E-state index in [1.54, 1.807) is 13.2 Å². The number of benzene rings is 1. The van der Waals surface area contributed by atoms with Crippen LogP contribution in [-0.2, 0) is 9.47 Å². The average molecular weight is 375 g/mol. The van der Waals surface area contributed by atoms with Crippen LogP contribution in [-0.4, -0.2) is 56.6 Å². The summed E-state index contributed by atoms with van der Waals surface area (Å²) < 4.78 is 22.9. The second-order valence-corrected chi connectivity index (χ2v) is 7.65. The van der Waals surface area contributed by atoms with Crippen LogP contribution in [0.2, 0.25) is 0 Å². The minimum Gasteiger partial charge on any atom is -0.493 e. The lowest BCUT2D eigenvalue weighted by Crippen LogP contribution is -2.43. The smallest absolute Gasteiger partial charge is 0.254 e. The molecular formula is C21H29NO5. The third-order valence-corrected chi connectivity index (χ3v) is 5.78. The van der Waals surface area contributed by atoms with Gasteiger partial charge in [-0.25, -0.2) is 0 Å². The Hall–Kier alpha value is -1.79. The summed E-state index contributed by atoms with van der Waals surface area (Å²) in [5, 5.41) is 0. The lowest BCUT2D eigenvalue weighted by molar-refractivity contribution is -0.0969. The molecule has 4 rings (SSSR count). The SMILES string of the molecule is COc1cc(C(=O)N2CCCC(C3OCCO3)C2)ccc1OC1CCCC1. The quantitative estimate of drug-likeness (QED) is 0.791. The van der Waals surface area contributed by atoms with Crippen molar-refractivity contribution in [3.63, 3.8) is 0 Å². The van der Waals surface area contributed by atoms with Crippen molar-refractivity contribution < 1.29 is 23.7 Å². The van der Waals surface area contributed by atoms with Crippen molar-refractivity contribution in [2.45, 2.75) is 50.9 Å². The van der Waals surface area contributed by atoms with Gasteiger partial charge in [-0.15, -0.1) is 0 Å².